The third-order valence-electron chi connectivity index (χ3n) is 6.47. The van der Waals surface area contributed by atoms with Gasteiger partial charge in [0.05, 0.1) is 11.1 Å². The number of carbonyl (C=O) groups excluding carboxylic acids is 2. The second-order valence-electron chi connectivity index (χ2n) is 8.71. The number of hydrogen-bond acceptors (Lipinski definition) is 4. The van der Waals surface area contributed by atoms with Gasteiger partial charge in [-0.05, 0) is 34.4 Å². The lowest BCUT2D eigenvalue weighted by Crippen LogP contribution is -2.24. The molecule has 4 heteroatoms. The van der Waals surface area contributed by atoms with E-state index in [0.29, 0.717) is 46.7 Å². The summed E-state index contributed by atoms with van der Waals surface area (Å²) in [5.41, 5.74) is 7.20. The SMILES string of the molecule is C=Cc1ccc(CNc2ccc(NCc3ccc(C=C)cc3)c3c2C(=O)c2ccccc2C3=O)cc1. The molecule has 36 heavy (non-hydrogen) atoms. The topological polar surface area (TPSA) is 58.2 Å². The monoisotopic (exact) mass is 470 g/mol. The zero-order chi connectivity index (χ0) is 25.1. The number of ketones is 2. The summed E-state index contributed by atoms with van der Waals surface area (Å²) in [6.45, 7) is 8.63. The van der Waals surface area contributed by atoms with Gasteiger partial charge in [0.15, 0.2) is 11.6 Å². The van der Waals surface area contributed by atoms with Crippen molar-refractivity contribution in [2.45, 2.75) is 13.1 Å². The van der Waals surface area contributed by atoms with Crippen LogP contribution in [-0.4, -0.2) is 11.6 Å². The van der Waals surface area contributed by atoms with E-state index in [1.54, 1.807) is 36.4 Å². The van der Waals surface area contributed by atoms with Crippen molar-refractivity contribution < 1.29 is 9.59 Å². The Bertz CT molecular complexity index is 1370. The van der Waals surface area contributed by atoms with E-state index in [-0.39, 0.29) is 11.6 Å². The minimum atomic E-state index is -0.149. The summed E-state index contributed by atoms with van der Waals surface area (Å²) in [4.78, 5) is 27.3. The number of fused-ring (bicyclic) bond motifs is 2. The molecule has 0 fully saturated rings. The van der Waals surface area contributed by atoms with E-state index in [1.165, 1.54) is 0 Å². The second kappa shape index (κ2) is 9.88. The van der Waals surface area contributed by atoms with Gasteiger partial charge in [0.25, 0.3) is 0 Å². The van der Waals surface area contributed by atoms with E-state index in [4.69, 9.17) is 0 Å². The lowest BCUT2D eigenvalue weighted by Gasteiger charge is -2.24. The van der Waals surface area contributed by atoms with E-state index < -0.39 is 0 Å². The van der Waals surface area contributed by atoms with Gasteiger partial charge in [-0.3, -0.25) is 9.59 Å². The van der Waals surface area contributed by atoms with E-state index in [2.05, 4.69) is 23.8 Å². The van der Waals surface area contributed by atoms with Crippen molar-refractivity contribution in [3.05, 3.63) is 143 Å². The normalized spacial score (nSPS) is 11.9. The fraction of sp³-hybridized carbons (Fsp3) is 0.0625. The van der Waals surface area contributed by atoms with Crippen LogP contribution in [0.4, 0.5) is 11.4 Å². The quantitative estimate of drug-likeness (QED) is 0.257. The molecular formula is C32H26N2O2. The molecular weight excluding hydrogens is 444 g/mol. The molecule has 0 radical (unpaired) electrons. The number of carbonyl (C=O) groups is 2. The Hall–Kier alpha value is -4.70. The van der Waals surface area contributed by atoms with E-state index in [1.807, 2.05) is 60.7 Å². The van der Waals surface area contributed by atoms with Crippen LogP contribution in [-0.2, 0) is 13.1 Å². The first kappa shape index (κ1) is 23.1. The van der Waals surface area contributed by atoms with Crippen molar-refractivity contribution in [2.75, 3.05) is 10.6 Å². The molecule has 4 aromatic carbocycles. The molecule has 0 saturated carbocycles. The van der Waals surface area contributed by atoms with Crippen molar-refractivity contribution in [1.82, 2.24) is 0 Å². The van der Waals surface area contributed by atoms with Crippen LogP contribution in [0.25, 0.3) is 12.2 Å². The summed E-state index contributed by atoms with van der Waals surface area (Å²) in [5, 5.41) is 6.77. The molecule has 0 aliphatic heterocycles. The van der Waals surface area contributed by atoms with Crippen LogP contribution in [0.1, 0.15) is 54.1 Å². The van der Waals surface area contributed by atoms with Crippen LogP contribution in [0.5, 0.6) is 0 Å². The molecule has 5 rings (SSSR count). The van der Waals surface area contributed by atoms with E-state index in [0.717, 1.165) is 22.3 Å². The molecule has 0 spiro atoms. The summed E-state index contributed by atoms with van der Waals surface area (Å²) in [5.74, 6) is -0.299. The maximum absolute atomic E-state index is 13.6. The predicted molar refractivity (Wildman–Crippen MR) is 147 cm³/mol. The minimum Gasteiger partial charge on any atom is -0.380 e. The Morgan fingerprint density at radius 1 is 0.556 bits per heavy atom. The van der Waals surface area contributed by atoms with E-state index >= 15 is 0 Å². The molecule has 176 valence electrons. The van der Waals surface area contributed by atoms with Crippen LogP contribution in [0.15, 0.2) is 98.1 Å². The third kappa shape index (κ3) is 4.37. The van der Waals surface area contributed by atoms with Crippen molar-refractivity contribution in [3.63, 3.8) is 0 Å². The van der Waals surface area contributed by atoms with Gasteiger partial charge in [-0.15, -0.1) is 0 Å². The van der Waals surface area contributed by atoms with Gasteiger partial charge in [0, 0.05) is 35.6 Å². The molecule has 4 nitrogen and oxygen atoms in total. The molecule has 0 saturated heterocycles. The molecule has 0 aromatic heterocycles. The zero-order valence-corrected chi connectivity index (χ0v) is 19.9. The molecule has 1 aliphatic rings. The number of rotatable bonds is 8. The molecule has 0 bridgehead atoms. The molecule has 0 amide bonds. The highest BCUT2D eigenvalue weighted by atomic mass is 16.1. The van der Waals surface area contributed by atoms with Crippen LogP contribution in [0.2, 0.25) is 0 Å². The summed E-state index contributed by atoms with van der Waals surface area (Å²) in [6, 6.07) is 26.8. The second-order valence-corrected chi connectivity index (χ2v) is 8.71. The number of anilines is 2. The minimum absolute atomic E-state index is 0.149. The van der Waals surface area contributed by atoms with Crippen LogP contribution < -0.4 is 10.6 Å². The molecule has 0 unspecified atom stereocenters. The van der Waals surface area contributed by atoms with Gasteiger partial charge >= 0.3 is 0 Å². The average Bonchev–Trinajstić information content (AvgIpc) is 2.94. The number of benzene rings is 4. The van der Waals surface area contributed by atoms with Gasteiger partial charge < -0.3 is 10.6 Å². The van der Waals surface area contributed by atoms with E-state index in [9.17, 15) is 9.59 Å². The fourth-order valence-corrected chi connectivity index (χ4v) is 4.46. The van der Waals surface area contributed by atoms with Gasteiger partial charge in [-0.25, -0.2) is 0 Å². The predicted octanol–water partition coefficient (Wildman–Crippen LogP) is 6.97. The molecule has 2 N–H and O–H groups in total. The van der Waals surface area contributed by atoms with Crippen molar-refractivity contribution >= 4 is 35.1 Å². The van der Waals surface area contributed by atoms with Crippen LogP contribution in [0, 0.1) is 0 Å². The third-order valence-corrected chi connectivity index (χ3v) is 6.47. The van der Waals surface area contributed by atoms with Crippen LogP contribution in [0.3, 0.4) is 0 Å². The lowest BCUT2D eigenvalue weighted by molar-refractivity contribution is 0.0980. The summed E-state index contributed by atoms with van der Waals surface area (Å²) in [7, 11) is 0. The summed E-state index contributed by atoms with van der Waals surface area (Å²) < 4.78 is 0. The first-order valence-electron chi connectivity index (χ1n) is 11.8. The molecule has 0 heterocycles. The summed E-state index contributed by atoms with van der Waals surface area (Å²) in [6.07, 6.45) is 3.60. The highest BCUT2D eigenvalue weighted by molar-refractivity contribution is 6.31. The number of hydrogen-bond donors (Lipinski definition) is 2. The van der Waals surface area contributed by atoms with Gasteiger partial charge in [-0.1, -0.05) is 98.1 Å². The van der Waals surface area contributed by atoms with Gasteiger partial charge in [0.1, 0.15) is 0 Å². The van der Waals surface area contributed by atoms with Crippen molar-refractivity contribution in [1.29, 1.82) is 0 Å². The highest BCUT2D eigenvalue weighted by Crippen LogP contribution is 2.37. The average molecular weight is 471 g/mol. The zero-order valence-electron chi connectivity index (χ0n) is 19.9. The first-order chi connectivity index (χ1) is 17.6. The largest absolute Gasteiger partial charge is 0.380 e. The summed E-state index contributed by atoms with van der Waals surface area (Å²) >= 11 is 0. The molecule has 1 aliphatic carbocycles. The van der Waals surface area contributed by atoms with Gasteiger partial charge in [0.2, 0.25) is 0 Å². The lowest BCUT2D eigenvalue weighted by atomic mass is 9.82. The Labute approximate surface area is 211 Å². The number of nitrogens with one attached hydrogen (secondary N) is 2. The molecule has 4 aromatic rings. The maximum Gasteiger partial charge on any atom is 0.196 e. The Balaban J connectivity index is 1.49. The van der Waals surface area contributed by atoms with Crippen LogP contribution >= 0.6 is 0 Å². The van der Waals surface area contributed by atoms with Crippen molar-refractivity contribution in [3.8, 4) is 0 Å². The Kier molecular flexibility index (Phi) is 6.33. The van der Waals surface area contributed by atoms with Gasteiger partial charge in [-0.2, -0.15) is 0 Å². The first-order valence-corrected chi connectivity index (χ1v) is 11.8. The van der Waals surface area contributed by atoms with Crippen molar-refractivity contribution in [2.24, 2.45) is 0 Å². The Morgan fingerprint density at radius 3 is 1.31 bits per heavy atom. The highest BCUT2D eigenvalue weighted by Gasteiger charge is 2.33. The standard InChI is InChI=1S/C32H26N2O2/c1-3-21-9-13-23(14-10-21)19-33-27-17-18-28(34-20-24-15-11-22(4-2)12-16-24)30-29(27)31(35)25-7-5-6-8-26(25)32(30)36/h3-18,33-34H,1-2,19-20H2. The maximum atomic E-state index is 13.6. The fourth-order valence-electron chi connectivity index (χ4n) is 4.46. The molecule has 0 atom stereocenters. The Morgan fingerprint density at radius 2 is 0.944 bits per heavy atom. The smallest absolute Gasteiger partial charge is 0.196 e.